The molecule has 0 unspecified atom stereocenters. The van der Waals surface area contributed by atoms with Crippen LogP contribution in [0.4, 0.5) is 0 Å². The highest BCUT2D eigenvalue weighted by molar-refractivity contribution is 7.12. The number of carbonyl (C=O) groups excluding carboxylic acids is 2. The molecule has 1 amide bonds. The van der Waals surface area contributed by atoms with Gasteiger partial charge in [-0.15, -0.1) is 11.3 Å². The third-order valence-electron chi connectivity index (χ3n) is 4.87. The van der Waals surface area contributed by atoms with Crippen molar-refractivity contribution in [2.45, 2.75) is 32.4 Å². The molecule has 0 N–H and O–H groups in total. The van der Waals surface area contributed by atoms with Gasteiger partial charge in [0.2, 0.25) is 0 Å². The van der Waals surface area contributed by atoms with Crippen LogP contribution in [0.5, 0.6) is 0 Å². The number of thiophene rings is 1. The van der Waals surface area contributed by atoms with Gasteiger partial charge in [-0.25, -0.2) is 9.59 Å². The summed E-state index contributed by atoms with van der Waals surface area (Å²) in [7, 11) is 0. The molecular weight excluding hydrogens is 378 g/mol. The molecule has 28 heavy (non-hydrogen) atoms. The molecule has 1 aliphatic rings. The molecule has 0 bridgehead atoms. The van der Waals surface area contributed by atoms with E-state index in [4.69, 9.17) is 9.15 Å². The van der Waals surface area contributed by atoms with E-state index in [-0.39, 0.29) is 12.5 Å². The van der Waals surface area contributed by atoms with Crippen molar-refractivity contribution < 1.29 is 18.7 Å². The number of rotatable bonds is 4. The number of amides is 1. The summed E-state index contributed by atoms with van der Waals surface area (Å²) in [4.78, 5) is 39.3. The summed E-state index contributed by atoms with van der Waals surface area (Å²) in [6.45, 7) is 2.40. The van der Waals surface area contributed by atoms with Crippen LogP contribution in [0.25, 0.3) is 11.0 Å². The molecule has 4 rings (SSSR count). The van der Waals surface area contributed by atoms with Gasteiger partial charge in [-0.05, 0) is 42.8 Å². The number of hydrogen-bond donors (Lipinski definition) is 0. The summed E-state index contributed by atoms with van der Waals surface area (Å²) < 4.78 is 10.7. The van der Waals surface area contributed by atoms with E-state index in [1.54, 1.807) is 17.0 Å². The predicted octanol–water partition coefficient (Wildman–Crippen LogP) is 3.51. The summed E-state index contributed by atoms with van der Waals surface area (Å²) in [5.74, 6) is -0.591. The zero-order chi connectivity index (χ0) is 19.7. The lowest BCUT2D eigenvalue weighted by Crippen LogP contribution is -2.41. The predicted molar refractivity (Wildman–Crippen MR) is 105 cm³/mol. The smallest absolute Gasteiger partial charge is 0.336 e. The molecule has 3 heterocycles. The Hall–Kier alpha value is -2.93. The van der Waals surface area contributed by atoms with Gasteiger partial charge in [-0.1, -0.05) is 18.2 Å². The third-order valence-corrected chi connectivity index (χ3v) is 5.73. The van der Waals surface area contributed by atoms with E-state index in [0.29, 0.717) is 29.0 Å². The van der Waals surface area contributed by atoms with Crippen LogP contribution in [0.15, 0.2) is 51.0 Å². The fourth-order valence-corrected chi connectivity index (χ4v) is 4.18. The Morgan fingerprint density at radius 2 is 2.14 bits per heavy atom. The van der Waals surface area contributed by atoms with Crippen molar-refractivity contribution in [1.82, 2.24) is 4.90 Å². The molecule has 1 fully saturated rings. The Balaban J connectivity index is 1.51. The number of likely N-dealkylation sites (tertiary alicyclic amines) is 1. The van der Waals surface area contributed by atoms with Crippen molar-refractivity contribution >= 4 is 34.2 Å². The minimum Gasteiger partial charge on any atom is -0.459 e. The van der Waals surface area contributed by atoms with Gasteiger partial charge in [0, 0.05) is 23.6 Å². The zero-order valence-corrected chi connectivity index (χ0v) is 16.2. The van der Waals surface area contributed by atoms with Crippen molar-refractivity contribution in [3.63, 3.8) is 0 Å². The van der Waals surface area contributed by atoms with Crippen LogP contribution in [-0.4, -0.2) is 29.4 Å². The third kappa shape index (κ3) is 3.57. The van der Waals surface area contributed by atoms with Crippen molar-refractivity contribution in [3.05, 3.63) is 68.2 Å². The van der Waals surface area contributed by atoms with Crippen molar-refractivity contribution in [2.75, 3.05) is 6.54 Å². The van der Waals surface area contributed by atoms with Gasteiger partial charge in [0.1, 0.15) is 18.2 Å². The first-order valence-electron chi connectivity index (χ1n) is 9.07. The number of nitrogens with zero attached hydrogens (tertiary/aromatic N) is 1. The SMILES string of the molecule is Cc1ccc2c(COC(=O)[C@@H]3CCCN3C(=O)c3cccs3)cc(=O)oc2c1. The molecule has 6 nitrogen and oxygen atoms in total. The first kappa shape index (κ1) is 18.4. The molecule has 0 spiro atoms. The Kier molecular flexibility index (Phi) is 5.00. The second kappa shape index (κ2) is 7.59. The second-order valence-electron chi connectivity index (χ2n) is 6.83. The Bertz CT molecular complexity index is 1090. The highest BCUT2D eigenvalue weighted by Gasteiger charge is 2.36. The summed E-state index contributed by atoms with van der Waals surface area (Å²) in [6.07, 6.45) is 1.33. The second-order valence-corrected chi connectivity index (χ2v) is 7.78. The monoisotopic (exact) mass is 397 g/mol. The van der Waals surface area contributed by atoms with Gasteiger partial charge in [-0.2, -0.15) is 0 Å². The first-order valence-corrected chi connectivity index (χ1v) is 9.95. The molecular formula is C21H19NO5S. The number of hydrogen-bond acceptors (Lipinski definition) is 6. The maximum absolute atomic E-state index is 12.7. The molecule has 0 saturated carbocycles. The lowest BCUT2D eigenvalue weighted by molar-refractivity contribution is -0.149. The lowest BCUT2D eigenvalue weighted by Gasteiger charge is -2.22. The van der Waals surface area contributed by atoms with E-state index in [1.165, 1.54) is 17.4 Å². The maximum Gasteiger partial charge on any atom is 0.336 e. The van der Waals surface area contributed by atoms with E-state index in [1.807, 2.05) is 30.5 Å². The van der Waals surface area contributed by atoms with Crippen LogP contribution in [-0.2, 0) is 16.1 Å². The van der Waals surface area contributed by atoms with Crippen LogP contribution >= 0.6 is 11.3 Å². The van der Waals surface area contributed by atoms with Gasteiger partial charge in [0.05, 0.1) is 4.88 Å². The average Bonchev–Trinajstić information content (AvgIpc) is 3.36. The molecule has 7 heteroatoms. The summed E-state index contributed by atoms with van der Waals surface area (Å²) in [5, 5.41) is 2.57. The van der Waals surface area contributed by atoms with E-state index in [9.17, 15) is 14.4 Å². The zero-order valence-electron chi connectivity index (χ0n) is 15.3. The maximum atomic E-state index is 12.7. The number of benzene rings is 1. The van der Waals surface area contributed by atoms with E-state index in [2.05, 4.69) is 0 Å². The largest absolute Gasteiger partial charge is 0.459 e. The van der Waals surface area contributed by atoms with Gasteiger partial charge in [0.25, 0.3) is 5.91 Å². The number of fused-ring (bicyclic) bond motifs is 1. The molecule has 1 aliphatic heterocycles. The summed E-state index contributed by atoms with van der Waals surface area (Å²) in [5.41, 5.74) is 1.54. The average molecular weight is 397 g/mol. The molecule has 2 aromatic heterocycles. The number of ether oxygens (including phenoxy) is 1. The number of aryl methyl sites for hydroxylation is 1. The quantitative estimate of drug-likeness (QED) is 0.497. The lowest BCUT2D eigenvalue weighted by atomic mass is 10.1. The van der Waals surface area contributed by atoms with Gasteiger partial charge >= 0.3 is 11.6 Å². The molecule has 1 atom stereocenters. The van der Waals surface area contributed by atoms with Crippen LogP contribution in [0.2, 0.25) is 0 Å². The Morgan fingerprint density at radius 3 is 2.93 bits per heavy atom. The van der Waals surface area contributed by atoms with Gasteiger partial charge in [0.15, 0.2) is 0 Å². The normalized spacial score (nSPS) is 16.5. The molecule has 1 saturated heterocycles. The first-order chi connectivity index (χ1) is 13.5. The minimum atomic E-state index is -0.594. The van der Waals surface area contributed by atoms with Gasteiger partial charge < -0.3 is 14.1 Å². The standard InChI is InChI=1S/C21H19NO5S/c1-13-6-7-15-14(11-19(23)27-17(15)10-13)12-26-21(25)16-4-2-8-22(16)20(24)18-5-3-9-28-18/h3,5-7,9-11,16H,2,4,8,12H2,1H3/t16-/m0/s1. The number of carbonyl (C=O) groups is 2. The van der Waals surface area contributed by atoms with Crippen LogP contribution in [0, 0.1) is 6.92 Å². The van der Waals surface area contributed by atoms with Crippen LogP contribution in [0.3, 0.4) is 0 Å². The van der Waals surface area contributed by atoms with E-state index < -0.39 is 17.6 Å². The molecule has 3 aromatic rings. The molecule has 144 valence electrons. The summed E-state index contributed by atoms with van der Waals surface area (Å²) in [6, 6.07) is 9.85. The number of esters is 1. The van der Waals surface area contributed by atoms with Crippen LogP contribution < -0.4 is 5.63 Å². The van der Waals surface area contributed by atoms with Crippen molar-refractivity contribution in [1.29, 1.82) is 0 Å². The van der Waals surface area contributed by atoms with Crippen molar-refractivity contribution in [2.24, 2.45) is 0 Å². The minimum absolute atomic E-state index is 0.0402. The van der Waals surface area contributed by atoms with E-state index >= 15 is 0 Å². The highest BCUT2D eigenvalue weighted by Crippen LogP contribution is 2.24. The molecule has 1 aromatic carbocycles. The Labute approximate surface area is 165 Å². The Morgan fingerprint density at radius 1 is 1.29 bits per heavy atom. The fraction of sp³-hybridized carbons (Fsp3) is 0.286. The highest BCUT2D eigenvalue weighted by atomic mass is 32.1. The van der Waals surface area contributed by atoms with Crippen molar-refractivity contribution in [3.8, 4) is 0 Å². The summed E-state index contributed by atoms with van der Waals surface area (Å²) >= 11 is 1.36. The fourth-order valence-electron chi connectivity index (χ4n) is 3.50. The molecule has 0 aliphatic carbocycles. The molecule has 0 radical (unpaired) electrons. The van der Waals surface area contributed by atoms with Gasteiger partial charge in [-0.3, -0.25) is 4.79 Å². The van der Waals surface area contributed by atoms with Crippen LogP contribution in [0.1, 0.15) is 33.6 Å². The topological polar surface area (TPSA) is 76.8 Å². The van der Waals surface area contributed by atoms with E-state index in [0.717, 1.165) is 17.4 Å².